The lowest BCUT2D eigenvalue weighted by Gasteiger charge is -2.18. The molecular formula is C13H17F2N. The van der Waals surface area contributed by atoms with Crippen LogP contribution in [0, 0.1) is 18.6 Å². The van der Waals surface area contributed by atoms with Crippen molar-refractivity contribution in [2.75, 3.05) is 6.54 Å². The molecular weight excluding hydrogens is 208 g/mol. The predicted octanol–water partition coefficient (Wildman–Crippen LogP) is 3.50. The lowest BCUT2D eigenvalue weighted by molar-refractivity contribution is 0.463. The van der Waals surface area contributed by atoms with Crippen LogP contribution in [0.15, 0.2) is 24.8 Å². The van der Waals surface area contributed by atoms with Gasteiger partial charge in [-0.2, -0.15) is 0 Å². The Morgan fingerprint density at radius 3 is 2.62 bits per heavy atom. The molecule has 1 nitrogen and oxygen atoms in total. The standard InChI is InChI=1S/C13H17F2N/c1-4-6-11(16-5-2)10-8-7-9(3)12(14)13(10)15/h4,7-8,11,16H,1,5-6H2,2-3H3. The summed E-state index contributed by atoms with van der Waals surface area (Å²) in [7, 11) is 0. The molecule has 0 heterocycles. The number of hydrogen-bond donors (Lipinski definition) is 1. The highest BCUT2D eigenvalue weighted by molar-refractivity contribution is 5.28. The number of rotatable bonds is 5. The van der Waals surface area contributed by atoms with Crippen molar-refractivity contribution in [3.8, 4) is 0 Å². The van der Waals surface area contributed by atoms with E-state index in [2.05, 4.69) is 11.9 Å². The van der Waals surface area contributed by atoms with E-state index in [1.54, 1.807) is 25.1 Å². The maximum absolute atomic E-state index is 13.7. The van der Waals surface area contributed by atoms with E-state index in [4.69, 9.17) is 0 Å². The molecule has 1 unspecified atom stereocenters. The first-order chi connectivity index (χ1) is 7.61. The maximum atomic E-state index is 13.7. The van der Waals surface area contributed by atoms with E-state index >= 15 is 0 Å². The molecule has 0 aliphatic rings. The van der Waals surface area contributed by atoms with Gasteiger partial charge in [-0.1, -0.05) is 25.1 Å². The van der Waals surface area contributed by atoms with Crippen LogP contribution in [-0.4, -0.2) is 6.54 Å². The summed E-state index contributed by atoms with van der Waals surface area (Å²) in [6.07, 6.45) is 2.28. The minimum Gasteiger partial charge on any atom is -0.310 e. The van der Waals surface area contributed by atoms with Crippen LogP contribution in [0.5, 0.6) is 0 Å². The molecule has 0 aromatic heterocycles. The molecule has 1 N–H and O–H groups in total. The van der Waals surface area contributed by atoms with Gasteiger partial charge in [-0.15, -0.1) is 6.58 Å². The molecule has 0 aliphatic carbocycles. The van der Waals surface area contributed by atoms with E-state index in [-0.39, 0.29) is 6.04 Å². The van der Waals surface area contributed by atoms with Crippen molar-refractivity contribution in [1.29, 1.82) is 0 Å². The van der Waals surface area contributed by atoms with Crippen LogP contribution in [0.3, 0.4) is 0 Å². The highest BCUT2D eigenvalue weighted by atomic mass is 19.2. The fourth-order valence-electron chi connectivity index (χ4n) is 1.66. The molecule has 1 atom stereocenters. The second-order valence-electron chi connectivity index (χ2n) is 3.73. The molecule has 0 saturated carbocycles. The van der Waals surface area contributed by atoms with E-state index in [1.165, 1.54) is 0 Å². The first-order valence-electron chi connectivity index (χ1n) is 5.40. The van der Waals surface area contributed by atoms with Crippen molar-refractivity contribution in [1.82, 2.24) is 5.32 Å². The van der Waals surface area contributed by atoms with Gasteiger partial charge in [-0.05, 0) is 25.5 Å². The number of hydrogen-bond acceptors (Lipinski definition) is 1. The Hall–Kier alpha value is -1.22. The van der Waals surface area contributed by atoms with Gasteiger partial charge >= 0.3 is 0 Å². The van der Waals surface area contributed by atoms with Gasteiger partial charge in [0, 0.05) is 11.6 Å². The average Bonchev–Trinajstić information content (AvgIpc) is 2.26. The quantitative estimate of drug-likeness (QED) is 0.756. The van der Waals surface area contributed by atoms with E-state index in [1.807, 2.05) is 6.92 Å². The lowest BCUT2D eigenvalue weighted by atomic mass is 10.0. The molecule has 0 amide bonds. The monoisotopic (exact) mass is 225 g/mol. The Labute approximate surface area is 95.2 Å². The van der Waals surface area contributed by atoms with Crippen LogP contribution in [0.25, 0.3) is 0 Å². The van der Waals surface area contributed by atoms with Gasteiger partial charge < -0.3 is 5.32 Å². The molecule has 1 aromatic rings. The molecule has 88 valence electrons. The van der Waals surface area contributed by atoms with E-state index in [9.17, 15) is 8.78 Å². The largest absolute Gasteiger partial charge is 0.310 e. The Morgan fingerprint density at radius 1 is 1.38 bits per heavy atom. The maximum Gasteiger partial charge on any atom is 0.163 e. The normalized spacial score (nSPS) is 12.5. The molecule has 3 heteroatoms. The van der Waals surface area contributed by atoms with Crippen molar-refractivity contribution >= 4 is 0 Å². The first-order valence-corrected chi connectivity index (χ1v) is 5.40. The van der Waals surface area contributed by atoms with Crippen LogP contribution in [0.1, 0.15) is 30.5 Å². The van der Waals surface area contributed by atoms with Crippen molar-refractivity contribution < 1.29 is 8.78 Å². The predicted molar refractivity (Wildman–Crippen MR) is 62.3 cm³/mol. The lowest BCUT2D eigenvalue weighted by Crippen LogP contribution is -2.21. The number of nitrogens with one attached hydrogen (secondary N) is 1. The summed E-state index contributed by atoms with van der Waals surface area (Å²) in [6, 6.07) is 3.02. The van der Waals surface area contributed by atoms with Crippen molar-refractivity contribution in [3.63, 3.8) is 0 Å². The fraction of sp³-hybridized carbons (Fsp3) is 0.385. The van der Waals surface area contributed by atoms with Crippen LogP contribution in [0.4, 0.5) is 8.78 Å². The second-order valence-corrected chi connectivity index (χ2v) is 3.73. The highest BCUT2D eigenvalue weighted by Gasteiger charge is 2.17. The zero-order valence-corrected chi connectivity index (χ0v) is 9.69. The minimum atomic E-state index is -0.760. The van der Waals surface area contributed by atoms with Crippen molar-refractivity contribution in [2.24, 2.45) is 0 Å². The number of halogens is 2. The van der Waals surface area contributed by atoms with Gasteiger partial charge in [0.15, 0.2) is 11.6 Å². The summed E-state index contributed by atoms with van der Waals surface area (Å²) >= 11 is 0. The van der Waals surface area contributed by atoms with E-state index in [0.29, 0.717) is 24.1 Å². The van der Waals surface area contributed by atoms with Crippen LogP contribution < -0.4 is 5.32 Å². The summed E-state index contributed by atoms with van der Waals surface area (Å²) in [6.45, 7) is 7.81. The Bertz CT molecular complexity index is 374. The van der Waals surface area contributed by atoms with Gasteiger partial charge in [0.25, 0.3) is 0 Å². The smallest absolute Gasteiger partial charge is 0.163 e. The molecule has 0 aliphatic heterocycles. The third-order valence-corrected chi connectivity index (χ3v) is 2.53. The Morgan fingerprint density at radius 2 is 2.06 bits per heavy atom. The second kappa shape index (κ2) is 5.75. The van der Waals surface area contributed by atoms with Crippen molar-refractivity contribution in [2.45, 2.75) is 26.3 Å². The van der Waals surface area contributed by atoms with Gasteiger partial charge in [0.2, 0.25) is 0 Å². The SMILES string of the molecule is C=CCC(NCC)c1ccc(C)c(F)c1F. The molecule has 0 radical (unpaired) electrons. The molecule has 16 heavy (non-hydrogen) atoms. The van der Waals surface area contributed by atoms with Crippen LogP contribution in [-0.2, 0) is 0 Å². The average molecular weight is 225 g/mol. The molecule has 0 saturated heterocycles. The fourth-order valence-corrected chi connectivity index (χ4v) is 1.66. The summed E-state index contributed by atoms with van der Waals surface area (Å²) in [5.41, 5.74) is 0.694. The van der Waals surface area contributed by atoms with Gasteiger partial charge in [0.05, 0.1) is 0 Å². The molecule has 0 fully saturated rings. The molecule has 0 spiro atoms. The Balaban J connectivity index is 3.08. The van der Waals surface area contributed by atoms with Crippen LogP contribution >= 0.6 is 0 Å². The zero-order chi connectivity index (χ0) is 12.1. The summed E-state index contributed by atoms with van der Waals surface area (Å²) in [5, 5.41) is 3.11. The van der Waals surface area contributed by atoms with E-state index < -0.39 is 11.6 Å². The summed E-state index contributed by atoms with van der Waals surface area (Å²) < 4.78 is 27.1. The highest BCUT2D eigenvalue weighted by Crippen LogP contribution is 2.24. The molecule has 1 rings (SSSR count). The number of aryl methyl sites for hydroxylation is 1. The van der Waals surface area contributed by atoms with Gasteiger partial charge in [-0.3, -0.25) is 0 Å². The molecule has 0 bridgehead atoms. The zero-order valence-electron chi connectivity index (χ0n) is 9.69. The van der Waals surface area contributed by atoms with Gasteiger partial charge in [0.1, 0.15) is 0 Å². The first kappa shape index (κ1) is 12.8. The molecule has 1 aromatic carbocycles. The van der Waals surface area contributed by atoms with E-state index in [0.717, 1.165) is 0 Å². The minimum absolute atomic E-state index is 0.211. The van der Waals surface area contributed by atoms with Crippen LogP contribution in [0.2, 0.25) is 0 Å². The topological polar surface area (TPSA) is 12.0 Å². The Kier molecular flexibility index (Phi) is 4.62. The third kappa shape index (κ3) is 2.67. The number of benzene rings is 1. The van der Waals surface area contributed by atoms with Gasteiger partial charge in [-0.25, -0.2) is 8.78 Å². The van der Waals surface area contributed by atoms with Crippen molar-refractivity contribution in [3.05, 3.63) is 47.5 Å². The third-order valence-electron chi connectivity index (χ3n) is 2.53. The summed E-state index contributed by atoms with van der Waals surface area (Å²) in [4.78, 5) is 0. The summed E-state index contributed by atoms with van der Waals surface area (Å²) in [5.74, 6) is -1.52.